The zero-order chi connectivity index (χ0) is 10.8. The Kier molecular flexibility index (Phi) is 1.86. The molecule has 0 aliphatic carbocycles. The Morgan fingerprint density at radius 3 is 1.67 bits per heavy atom. The summed E-state index contributed by atoms with van der Waals surface area (Å²) in [4.78, 5) is 6.10. The summed E-state index contributed by atoms with van der Waals surface area (Å²) in [6.45, 7) is 9.42. The number of hydrogen-bond acceptors (Lipinski definition) is 2. The van der Waals surface area contributed by atoms with Crippen molar-refractivity contribution in [2.45, 2.75) is 26.9 Å². The van der Waals surface area contributed by atoms with Crippen molar-refractivity contribution in [1.29, 1.82) is 0 Å². The van der Waals surface area contributed by atoms with Gasteiger partial charge in [0.1, 0.15) is 8.07 Å². The SMILES string of the molecule is Cc1cc2c(s1)-c1sc(C)cc1[Si]2(C)C. The van der Waals surface area contributed by atoms with Crippen molar-refractivity contribution >= 4 is 41.1 Å². The second-order valence-corrected chi connectivity index (χ2v) is 11.7. The molecule has 0 nitrogen and oxygen atoms in total. The monoisotopic (exact) mass is 250 g/mol. The van der Waals surface area contributed by atoms with Crippen LogP contribution in [-0.2, 0) is 0 Å². The molecule has 0 saturated heterocycles. The molecule has 0 fully saturated rings. The number of thiophene rings is 2. The Morgan fingerprint density at radius 2 is 1.27 bits per heavy atom. The van der Waals surface area contributed by atoms with Gasteiger partial charge in [0, 0.05) is 19.5 Å². The van der Waals surface area contributed by atoms with E-state index >= 15 is 0 Å². The van der Waals surface area contributed by atoms with Gasteiger partial charge in [-0.1, -0.05) is 13.1 Å². The van der Waals surface area contributed by atoms with Gasteiger partial charge in [-0.15, -0.1) is 22.7 Å². The standard InChI is InChI=1S/C12H14S2Si/c1-7-5-9-11(13-7)12-10(15(9,3)4)6-8(2)14-12/h5-6H,1-4H3. The van der Waals surface area contributed by atoms with Gasteiger partial charge < -0.3 is 0 Å². The number of aryl methyl sites for hydroxylation is 2. The fourth-order valence-electron chi connectivity index (χ4n) is 2.44. The number of hydrogen-bond donors (Lipinski definition) is 0. The molecule has 0 amide bonds. The fraction of sp³-hybridized carbons (Fsp3) is 0.333. The molecule has 0 N–H and O–H groups in total. The van der Waals surface area contributed by atoms with Crippen LogP contribution in [0.3, 0.4) is 0 Å². The van der Waals surface area contributed by atoms with Crippen LogP contribution < -0.4 is 10.4 Å². The molecule has 0 spiro atoms. The molecule has 0 bridgehead atoms. The molecule has 0 aromatic carbocycles. The summed E-state index contributed by atoms with van der Waals surface area (Å²) < 4.78 is 0. The highest BCUT2D eigenvalue weighted by Crippen LogP contribution is 2.38. The summed E-state index contributed by atoms with van der Waals surface area (Å²) >= 11 is 3.96. The Balaban J connectivity index is 2.38. The molecule has 78 valence electrons. The molecule has 0 unspecified atom stereocenters. The second-order valence-electron chi connectivity index (χ2n) is 4.82. The van der Waals surface area contributed by atoms with Gasteiger partial charge in [0.25, 0.3) is 0 Å². The van der Waals surface area contributed by atoms with Crippen LogP contribution in [0.15, 0.2) is 12.1 Å². The van der Waals surface area contributed by atoms with Crippen molar-refractivity contribution < 1.29 is 0 Å². The van der Waals surface area contributed by atoms with Crippen molar-refractivity contribution in [2.24, 2.45) is 0 Å². The average molecular weight is 250 g/mol. The van der Waals surface area contributed by atoms with Crippen LogP contribution in [0.4, 0.5) is 0 Å². The van der Waals surface area contributed by atoms with Gasteiger partial charge >= 0.3 is 0 Å². The predicted octanol–water partition coefficient (Wildman–Crippen LogP) is 3.23. The first-order chi connectivity index (χ1) is 7.00. The van der Waals surface area contributed by atoms with Gasteiger partial charge in [-0.05, 0) is 36.4 Å². The zero-order valence-corrected chi connectivity index (χ0v) is 12.1. The normalized spacial score (nSPS) is 16.5. The highest BCUT2D eigenvalue weighted by atomic mass is 32.1. The van der Waals surface area contributed by atoms with E-state index in [0.29, 0.717) is 0 Å². The van der Waals surface area contributed by atoms with E-state index < -0.39 is 8.07 Å². The summed E-state index contributed by atoms with van der Waals surface area (Å²) in [5.74, 6) is 0. The molecule has 15 heavy (non-hydrogen) atoms. The van der Waals surface area contributed by atoms with E-state index in [-0.39, 0.29) is 0 Å². The molecular formula is C12H14S2Si. The minimum Gasteiger partial charge on any atom is -0.140 e. The van der Waals surface area contributed by atoms with Crippen LogP contribution in [0.25, 0.3) is 9.75 Å². The van der Waals surface area contributed by atoms with Gasteiger partial charge in [-0.25, -0.2) is 0 Å². The summed E-state index contributed by atoms with van der Waals surface area (Å²) in [6, 6.07) is 4.85. The Morgan fingerprint density at radius 1 is 0.867 bits per heavy atom. The second kappa shape index (κ2) is 2.84. The quantitative estimate of drug-likeness (QED) is 0.630. The number of fused-ring (bicyclic) bond motifs is 3. The third kappa shape index (κ3) is 1.17. The van der Waals surface area contributed by atoms with E-state index in [4.69, 9.17) is 0 Å². The van der Waals surface area contributed by atoms with Crippen molar-refractivity contribution in [3.05, 3.63) is 21.9 Å². The van der Waals surface area contributed by atoms with Gasteiger partial charge in [0.05, 0.1) is 0 Å². The summed E-state index contributed by atoms with van der Waals surface area (Å²) in [7, 11) is -1.32. The summed E-state index contributed by atoms with van der Waals surface area (Å²) in [6.07, 6.45) is 0. The van der Waals surface area contributed by atoms with Crippen molar-refractivity contribution in [3.8, 4) is 9.75 Å². The lowest BCUT2D eigenvalue weighted by atomic mass is 10.3. The van der Waals surface area contributed by atoms with Gasteiger partial charge in [-0.2, -0.15) is 0 Å². The molecule has 1 aliphatic rings. The Hall–Kier alpha value is -0.383. The first-order valence-corrected chi connectivity index (χ1v) is 9.85. The molecule has 3 heterocycles. The van der Waals surface area contributed by atoms with Crippen molar-refractivity contribution in [2.75, 3.05) is 0 Å². The van der Waals surface area contributed by atoms with Crippen molar-refractivity contribution in [3.63, 3.8) is 0 Å². The number of rotatable bonds is 0. The first-order valence-electron chi connectivity index (χ1n) is 5.22. The Labute approximate surface area is 99.6 Å². The molecule has 3 rings (SSSR count). The third-order valence-corrected chi connectivity index (χ3v) is 9.37. The zero-order valence-electron chi connectivity index (χ0n) is 9.47. The average Bonchev–Trinajstić information content (AvgIpc) is 2.72. The van der Waals surface area contributed by atoms with E-state index in [1.807, 2.05) is 22.7 Å². The molecule has 1 aliphatic heterocycles. The maximum atomic E-state index is 2.48. The molecule has 0 atom stereocenters. The lowest BCUT2D eigenvalue weighted by Crippen LogP contribution is -2.48. The molecule has 0 saturated carbocycles. The summed E-state index contributed by atoms with van der Waals surface area (Å²) in [5, 5.41) is 3.34. The topological polar surface area (TPSA) is 0 Å². The van der Waals surface area contributed by atoms with Crippen LogP contribution in [0.2, 0.25) is 13.1 Å². The predicted molar refractivity (Wildman–Crippen MR) is 73.9 cm³/mol. The summed E-state index contributed by atoms with van der Waals surface area (Å²) in [5.41, 5.74) is 0. The van der Waals surface area contributed by atoms with Crippen LogP contribution in [0, 0.1) is 13.8 Å². The van der Waals surface area contributed by atoms with Gasteiger partial charge in [-0.3, -0.25) is 0 Å². The van der Waals surface area contributed by atoms with Crippen LogP contribution in [0.5, 0.6) is 0 Å². The van der Waals surface area contributed by atoms with Crippen LogP contribution >= 0.6 is 22.7 Å². The minimum absolute atomic E-state index is 1.32. The van der Waals surface area contributed by atoms with E-state index in [2.05, 4.69) is 39.1 Å². The van der Waals surface area contributed by atoms with E-state index in [1.54, 1.807) is 20.1 Å². The molecule has 3 heteroatoms. The molecule has 2 aromatic rings. The van der Waals surface area contributed by atoms with E-state index in [1.165, 1.54) is 9.75 Å². The first kappa shape index (κ1) is 9.82. The molecule has 0 radical (unpaired) electrons. The smallest absolute Gasteiger partial charge is 0.116 e. The third-order valence-electron chi connectivity index (χ3n) is 3.26. The van der Waals surface area contributed by atoms with Gasteiger partial charge in [0.15, 0.2) is 0 Å². The molecular weight excluding hydrogens is 236 g/mol. The minimum atomic E-state index is -1.32. The highest BCUT2D eigenvalue weighted by molar-refractivity contribution is 7.28. The fourth-order valence-corrected chi connectivity index (χ4v) is 9.49. The maximum absolute atomic E-state index is 2.48. The van der Waals surface area contributed by atoms with Crippen LogP contribution in [0.1, 0.15) is 9.75 Å². The van der Waals surface area contributed by atoms with Crippen LogP contribution in [-0.4, -0.2) is 8.07 Å². The largest absolute Gasteiger partial charge is 0.140 e. The lowest BCUT2D eigenvalue weighted by Gasteiger charge is -2.15. The van der Waals surface area contributed by atoms with Crippen molar-refractivity contribution in [1.82, 2.24) is 0 Å². The van der Waals surface area contributed by atoms with Gasteiger partial charge in [0.2, 0.25) is 0 Å². The Bertz CT molecular complexity index is 498. The van der Waals surface area contributed by atoms with E-state index in [0.717, 1.165) is 0 Å². The van der Waals surface area contributed by atoms with E-state index in [9.17, 15) is 0 Å². The highest BCUT2D eigenvalue weighted by Gasteiger charge is 2.40. The lowest BCUT2D eigenvalue weighted by molar-refractivity contribution is 1.64. The maximum Gasteiger partial charge on any atom is 0.116 e. The molecule has 2 aromatic heterocycles.